The van der Waals surface area contributed by atoms with Crippen molar-refractivity contribution in [2.24, 2.45) is 0 Å². The van der Waals surface area contributed by atoms with Gasteiger partial charge in [-0.15, -0.1) is 0 Å². The normalized spacial score (nSPS) is 11.8. The van der Waals surface area contributed by atoms with Crippen LogP contribution in [0.4, 0.5) is 5.69 Å². The lowest BCUT2D eigenvalue weighted by atomic mass is 9.77. The molecule has 0 aliphatic rings. The van der Waals surface area contributed by atoms with Crippen LogP contribution in [0.15, 0.2) is 66.7 Å². The van der Waals surface area contributed by atoms with E-state index in [4.69, 9.17) is 0 Å². The van der Waals surface area contributed by atoms with Crippen molar-refractivity contribution in [1.82, 2.24) is 9.89 Å². The monoisotopic (exact) mass is 457 g/mol. The smallest absolute Gasteiger partial charge is 0.144 e. The Hall–Kier alpha value is -2.41. The molecule has 1 aromatic heterocycles. The molecule has 0 saturated heterocycles. The van der Waals surface area contributed by atoms with Gasteiger partial charge >= 0.3 is 0 Å². The standard InChI is InChI=1S/C21H20IN3O/c1-21(2,14-8-4-3-5-9-14)16-12-15(22)13-18(20(16)26)24-25-19-11-7-6-10-17(19)23-25/h3-13,23-24,26H,1-2H3. The summed E-state index contributed by atoms with van der Waals surface area (Å²) < 4.78 is 1.07. The molecule has 0 saturated carbocycles. The molecule has 0 atom stereocenters. The highest BCUT2D eigenvalue weighted by Crippen LogP contribution is 2.41. The van der Waals surface area contributed by atoms with Crippen molar-refractivity contribution < 1.29 is 5.11 Å². The van der Waals surface area contributed by atoms with E-state index in [1.165, 1.54) is 0 Å². The van der Waals surface area contributed by atoms with E-state index in [1.807, 2.05) is 59.4 Å². The molecule has 4 nitrogen and oxygen atoms in total. The lowest BCUT2D eigenvalue weighted by Gasteiger charge is -2.29. The number of anilines is 1. The van der Waals surface area contributed by atoms with Gasteiger partial charge in [-0.1, -0.05) is 56.3 Å². The van der Waals surface area contributed by atoms with Crippen LogP contribution in [0.25, 0.3) is 11.0 Å². The molecule has 5 heteroatoms. The first-order valence-electron chi connectivity index (χ1n) is 8.48. The Balaban J connectivity index is 1.76. The third-order valence-corrected chi connectivity index (χ3v) is 5.48. The zero-order valence-corrected chi connectivity index (χ0v) is 16.8. The van der Waals surface area contributed by atoms with Crippen molar-refractivity contribution in [2.45, 2.75) is 19.3 Å². The molecule has 4 aromatic rings. The minimum absolute atomic E-state index is 0.269. The highest BCUT2D eigenvalue weighted by molar-refractivity contribution is 14.1. The van der Waals surface area contributed by atoms with Gasteiger partial charge in [-0.05, 0) is 52.4 Å². The molecule has 0 aliphatic heterocycles. The van der Waals surface area contributed by atoms with Crippen molar-refractivity contribution in [2.75, 3.05) is 5.43 Å². The second-order valence-corrected chi connectivity index (χ2v) is 8.16. The van der Waals surface area contributed by atoms with Crippen LogP contribution >= 0.6 is 22.6 Å². The molecule has 0 fully saturated rings. The molecular formula is C21H20IN3O. The summed E-state index contributed by atoms with van der Waals surface area (Å²) in [6, 6.07) is 22.3. The number of phenols is 1. The maximum absolute atomic E-state index is 11.0. The fraction of sp³-hybridized carbons (Fsp3) is 0.143. The molecule has 3 aromatic carbocycles. The van der Waals surface area contributed by atoms with E-state index in [0.717, 1.165) is 25.7 Å². The van der Waals surface area contributed by atoms with Crippen molar-refractivity contribution >= 4 is 39.3 Å². The number of nitrogens with zero attached hydrogens (tertiary/aromatic N) is 1. The third-order valence-electron chi connectivity index (χ3n) is 4.85. The van der Waals surface area contributed by atoms with Crippen LogP contribution in [0.5, 0.6) is 5.75 Å². The summed E-state index contributed by atoms with van der Waals surface area (Å²) in [5, 5.41) is 14.2. The predicted octanol–water partition coefficient (Wildman–Crippen LogP) is 5.48. The lowest BCUT2D eigenvalue weighted by Crippen LogP contribution is -2.22. The molecule has 0 aliphatic carbocycles. The summed E-state index contributed by atoms with van der Waals surface area (Å²) in [4.78, 5) is 1.82. The van der Waals surface area contributed by atoms with Gasteiger partial charge in [0.1, 0.15) is 11.3 Å². The summed E-state index contributed by atoms with van der Waals surface area (Å²) >= 11 is 2.29. The number of rotatable bonds is 4. The highest BCUT2D eigenvalue weighted by atomic mass is 127. The number of hydrogen-bond acceptors (Lipinski definition) is 2. The molecule has 132 valence electrons. The fourth-order valence-corrected chi connectivity index (χ4v) is 3.89. The van der Waals surface area contributed by atoms with Crippen LogP contribution in [-0.2, 0) is 5.41 Å². The van der Waals surface area contributed by atoms with E-state index in [2.05, 4.69) is 59.1 Å². The molecule has 0 radical (unpaired) electrons. The van der Waals surface area contributed by atoms with Crippen LogP contribution in [-0.4, -0.2) is 15.0 Å². The number of aromatic nitrogens is 2. The number of nitrogens with one attached hydrogen (secondary N) is 2. The molecule has 0 bridgehead atoms. The first-order chi connectivity index (χ1) is 12.5. The Morgan fingerprint density at radius 3 is 2.42 bits per heavy atom. The van der Waals surface area contributed by atoms with Gasteiger partial charge < -0.3 is 5.11 Å². The minimum atomic E-state index is -0.316. The maximum atomic E-state index is 11.0. The minimum Gasteiger partial charge on any atom is -0.505 e. The number of benzene rings is 3. The number of fused-ring (bicyclic) bond motifs is 1. The number of aromatic hydroxyl groups is 1. The van der Waals surface area contributed by atoms with E-state index in [1.54, 1.807) is 0 Å². The summed E-state index contributed by atoms with van der Waals surface area (Å²) in [7, 11) is 0. The maximum Gasteiger partial charge on any atom is 0.144 e. The molecule has 3 N–H and O–H groups in total. The molecule has 0 spiro atoms. The largest absolute Gasteiger partial charge is 0.505 e. The van der Waals surface area contributed by atoms with Crippen LogP contribution in [0.2, 0.25) is 0 Å². The van der Waals surface area contributed by atoms with Crippen LogP contribution < -0.4 is 5.43 Å². The molecule has 1 heterocycles. The topological polar surface area (TPSA) is 53.0 Å². The van der Waals surface area contributed by atoms with Gasteiger partial charge in [-0.25, -0.2) is 0 Å². The zero-order chi connectivity index (χ0) is 18.3. The molecule has 0 amide bonds. The SMILES string of the molecule is CC(C)(c1ccccc1)c1cc(I)cc(Nn2[nH]c3ccccc32)c1O. The lowest BCUT2D eigenvalue weighted by molar-refractivity contribution is 0.454. The fourth-order valence-electron chi connectivity index (χ4n) is 3.27. The van der Waals surface area contributed by atoms with E-state index in [0.29, 0.717) is 5.69 Å². The van der Waals surface area contributed by atoms with Gasteiger partial charge in [0.2, 0.25) is 0 Å². The van der Waals surface area contributed by atoms with Crippen molar-refractivity contribution in [3.63, 3.8) is 0 Å². The first-order valence-corrected chi connectivity index (χ1v) is 9.55. The Morgan fingerprint density at radius 1 is 1.00 bits per heavy atom. The van der Waals surface area contributed by atoms with Crippen LogP contribution in [0.3, 0.4) is 0 Å². The average molecular weight is 457 g/mol. The number of phenolic OH excluding ortho intramolecular Hbond substituents is 1. The summed E-state index contributed by atoms with van der Waals surface area (Å²) in [5.74, 6) is 0.269. The van der Waals surface area contributed by atoms with E-state index in [9.17, 15) is 5.11 Å². The van der Waals surface area contributed by atoms with Crippen molar-refractivity contribution in [3.8, 4) is 5.75 Å². The van der Waals surface area contributed by atoms with E-state index in [-0.39, 0.29) is 11.2 Å². The van der Waals surface area contributed by atoms with E-state index < -0.39 is 0 Å². The predicted molar refractivity (Wildman–Crippen MR) is 115 cm³/mol. The number of para-hydroxylation sites is 2. The Kier molecular flexibility index (Phi) is 4.19. The summed E-state index contributed by atoms with van der Waals surface area (Å²) in [6.45, 7) is 4.27. The Labute approximate surface area is 165 Å². The Bertz CT molecular complexity index is 1060. The van der Waals surface area contributed by atoms with Gasteiger partial charge in [0.15, 0.2) is 0 Å². The van der Waals surface area contributed by atoms with Crippen molar-refractivity contribution in [1.29, 1.82) is 0 Å². The number of H-pyrrole nitrogens is 1. The second-order valence-electron chi connectivity index (χ2n) is 6.92. The molecule has 26 heavy (non-hydrogen) atoms. The number of aromatic amines is 1. The first kappa shape index (κ1) is 17.0. The second kappa shape index (κ2) is 6.39. The highest BCUT2D eigenvalue weighted by Gasteiger charge is 2.28. The van der Waals surface area contributed by atoms with Gasteiger partial charge in [0.25, 0.3) is 0 Å². The summed E-state index contributed by atoms with van der Waals surface area (Å²) in [5.41, 5.74) is 7.81. The zero-order valence-electron chi connectivity index (χ0n) is 14.6. The average Bonchev–Trinajstić information content (AvgIpc) is 2.62. The molecule has 0 unspecified atom stereocenters. The Morgan fingerprint density at radius 2 is 1.69 bits per heavy atom. The van der Waals surface area contributed by atoms with Crippen LogP contribution in [0, 0.1) is 3.57 Å². The van der Waals surface area contributed by atoms with Gasteiger partial charge in [0, 0.05) is 14.5 Å². The quantitative estimate of drug-likeness (QED) is 0.281. The number of halogens is 1. The van der Waals surface area contributed by atoms with Gasteiger partial charge in [-0.2, -0.15) is 4.79 Å². The van der Waals surface area contributed by atoms with E-state index >= 15 is 0 Å². The van der Waals surface area contributed by atoms with Gasteiger partial charge in [-0.3, -0.25) is 10.5 Å². The molecule has 4 rings (SSSR count). The molecular weight excluding hydrogens is 437 g/mol. The summed E-state index contributed by atoms with van der Waals surface area (Å²) in [6.07, 6.45) is 0. The third kappa shape index (κ3) is 2.86. The van der Waals surface area contributed by atoms with Crippen molar-refractivity contribution in [3.05, 3.63) is 81.4 Å². The van der Waals surface area contributed by atoms with Crippen LogP contribution in [0.1, 0.15) is 25.0 Å². The van der Waals surface area contributed by atoms with Gasteiger partial charge in [0.05, 0.1) is 11.2 Å². The number of hydrogen-bond donors (Lipinski definition) is 3.